The summed E-state index contributed by atoms with van der Waals surface area (Å²) in [6.45, 7) is 4.95. The van der Waals surface area contributed by atoms with Crippen LogP contribution in [0.25, 0.3) is 0 Å². The van der Waals surface area contributed by atoms with E-state index < -0.39 is 45.7 Å². The SMILES string of the molecule is COC(=O)C[C@H](N[S+]([O-])C(C)(C)C)c1cc(F)cc(C(F)(F)F)c1. The summed E-state index contributed by atoms with van der Waals surface area (Å²) in [6, 6.07) is 0.868. The van der Waals surface area contributed by atoms with Crippen LogP contribution in [0.15, 0.2) is 18.2 Å². The predicted molar refractivity (Wildman–Crippen MR) is 81.8 cm³/mol. The first-order chi connectivity index (χ1) is 10.8. The van der Waals surface area contributed by atoms with E-state index in [4.69, 9.17) is 0 Å². The quantitative estimate of drug-likeness (QED) is 0.490. The van der Waals surface area contributed by atoms with Gasteiger partial charge in [0.15, 0.2) is 0 Å². The highest BCUT2D eigenvalue weighted by Crippen LogP contribution is 2.33. The molecule has 136 valence electrons. The van der Waals surface area contributed by atoms with Gasteiger partial charge in [-0.05, 0) is 44.5 Å². The van der Waals surface area contributed by atoms with Gasteiger partial charge < -0.3 is 9.29 Å². The Morgan fingerprint density at radius 1 is 1.29 bits per heavy atom. The molecule has 0 bridgehead atoms. The third-order valence-electron chi connectivity index (χ3n) is 3.05. The van der Waals surface area contributed by atoms with Crippen LogP contribution in [0, 0.1) is 5.82 Å². The van der Waals surface area contributed by atoms with Crippen molar-refractivity contribution in [3.05, 3.63) is 35.1 Å². The van der Waals surface area contributed by atoms with E-state index in [1.54, 1.807) is 20.8 Å². The van der Waals surface area contributed by atoms with Gasteiger partial charge >= 0.3 is 12.1 Å². The molecule has 0 saturated carbocycles. The van der Waals surface area contributed by atoms with Gasteiger partial charge in [0.1, 0.15) is 10.6 Å². The Labute approximate surface area is 140 Å². The molecule has 0 fully saturated rings. The predicted octanol–water partition coefficient (Wildman–Crippen LogP) is 3.50. The molecular formula is C15H19F4NO3S. The van der Waals surface area contributed by atoms with E-state index in [1.165, 1.54) is 0 Å². The molecule has 0 radical (unpaired) electrons. The van der Waals surface area contributed by atoms with Crippen LogP contribution in [0.3, 0.4) is 0 Å². The molecule has 0 aliphatic carbocycles. The summed E-state index contributed by atoms with van der Waals surface area (Å²) >= 11 is -1.68. The van der Waals surface area contributed by atoms with Crippen molar-refractivity contribution in [1.29, 1.82) is 0 Å². The molecule has 2 atom stereocenters. The highest BCUT2D eigenvalue weighted by molar-refractivity contribution is 7.90. The third kappa shape index (κ3) is 5.95. The van der Waals surface area contributed by atoms with Crippen LogP contribution in [0.4, 0.5) is 17.6 Å². The third-order valence-corrected chi connectivity index (χ3v) is 4.66. The summed E-state index contributed by atoms with van der Waals surface area (Å²) in [5.41, 5.74) is -1.32. The number of hydrogen-bond acceptors (Lipinski definition) is 4. The number of carbonyl (C=O) groups excluding carboxylic acids is 1. The number of halogens is 4. The lowest BCUT2D eigenvalue weighted by Gasteiger charge is -2.28. The molecule has 0 aliphatic rings. The van der Waals surface area contributed by atoms with Crippen LogP contribution in [0.5, 0.6) is 0 Å². The molecule has 0 spiro atoms. The molecule has 1 N–H and O–H groups in total. The van der Waals surface area contributed by atoms with E-state index >= 15 is 0 Å². The van der Waals surface area contributed by atoms with Gasteiger partial charge in [0.2, 0.25) is 0 Å². The van der Waals surface area contributed by atoms with Crippen molar-refractivity contribution in [2.45, 2.75) is 44.2 Å². The van der Waals surface area contributed by atoms with Crippen molar-refractivity contribution < 1.29 is 31.6 Å². The van der Waals surface area contributed by atoms with E-state index in [9.17, 15) is 26.9 Å². The topological polar surface area (TPSA) is 61.4 Å². The van der Waals surface area contributed by atoms with Crippen molar-refractivity contribution in [1.82, 2.24) is 4.72 Å². The van der Waals surface area contributed by atoms with Crippen LogP contribution in [0.1, 0.15) is 44.4 Å². The summed E-state index contributed by atoms with van der Waals surface area (Å²) in [5.74, 6) is -1.82. The normalized spacial score (nSPS) is 15.0. The molecule has 1 aromatic carbocycles. The van der Waals surface area contributed by atoms with Gasteiger partial charge in [0.05, 0.1) is 25.1 Å². The number of hydrogen-bond donors (Lipinski definition) is 1. The lowest BCUT2D eigenvalue weighted by Crippen LogP contribution is -2.42. The molecule has 0 aromatic heterocycles. The Bertz CT molecular complexity index is 587. The second-order valence-corrected chi connectivity index (χ2v) is 8.10. The van der Waals surface area contributed by atoms with Crippen molar-refractivity contribution in [2.24, 2.45) is 0 Å². The molecule has 24 heavy (non-hydrogen) atoms. The molecule has 1 aromatic rings. The minimum absolute atomic E-state index is 0.134. The Morgan fingerprint density at radius 3 is 2.33 bits per heavy atom. The van der Waals surface area contributed by atoms with E-state index in [0.29, 0.717) is 6.07 Å². The number of nitrogens with one attached hydrogen (secondary N) is 1. The molecular weight excluding hydrogens is 350 g/mol. The first-order valence-corrected chi connectivity index (χ1v) is 8.12. The Kier molecular flexibility index (Phi) is 6.66. The highest BCUT2D eigenvalue weighted by Gasteiger charge is 2.35. The fraction of sp³-hybridized carbons (Fsp3) is 0.533. The van der Waals surface area contributed by atoms with Crippen molar-refractivity contribution in [3.63, 3.8) is 0 Å². The number of ether oxygens (including phenoxy) is 1. The zero-order chi connectivity index (χ0) is 18.7. The molecule has 0 amide bonds. The number of alkyl halides is 3. The van der Waals surface area contributed by atoms with Gasteiger partial charge in [-0.2, -0.15) is 13.2 Å². The monoisotopic (exact) mass is 369 g/mol. The molecule has 0 saturated heterocycles. The smallest absolute Gasteiger partial charge is 0.416 e. The number of esters is 1. The molecule has 4 nitrogen and oxygen atoms in total. The zero-order valence-electron chi connectivity index (χ0n) is 13.7. The van der Waals surface area contributed by atoms with E-state index in [2.05, 4.69) is 9.46 Å². The van der Waals surface area contributed by atoms with Gasteiger partial charge in [-0.3, -0.25) is 4.79 Å². The second kappa shape index (κ2) is 7.71. The van der Waals surface area contributed by atoms with Gasteiger partial charge in [-0.1, -0.05) is 0 Å². The van der Waals surface area contributed by atoms with Crippen LogP contribution in [0.2, 0.25) is 0 Å². The maximum Gasteiger partial charge on any atom is 0.416 e. The standard InChI is InChI=1S/C15H19F4NO3S/c1-14(2,3)24(22)20-12(8-13(21)23-4)9-5-10(15(17,18)19)7-11(16)6-9/h5-7,12,20H,8H2,1-4H3/t12-,24?/m0/s1. The van der Waals surface area contributed by atoms with E-state index in [1.807, 2.05) is 0 Å². The molecule has 0 heterocycles. The summed E-state index contributed by atoms with van der Waals surface area (Å²) in [7, 11) is 1.12. The fourth-order valence-electron chi connectivity index (χ4n) is 1.76. The maximum absolute atomic E-state index is 13.6. The van der Waals surface area contributed by atoms with Gasteiger partial charge in [0.25, 0.3) is 0 Å². The molecule has 0 aliphatic heterocycles. The summed E-state index contributed by atoms with van der Waals surface area (Å²) in [6.07, 6.45) is -5.13. The molecule has 1 unspecified atom stereocenters. The fourth-order valence-corrected chi connectivity index (χ4v) is 2.59. The van der Waals surface area contributed by atoms with E-state index in [-0.39, 0.29) is 12.0 Å². The van der Waals surface area contributed by atoms with Crippen LogP contribution in [-0.4, -0.2) is 22.4 Å². The average molecular weight is 369 g/mol. The van der Waals surface area contributed by atoms with Crippen LogP contribution >= 0.6 is 0 Å². The zero-order valence-corrected chi connectivity index (χ0v) is 14.5. The van der Waals surface area contributed by atoms with Gasteiger partial charge in [0, 0.05) is 11.4 Å². The minimum atomic E-state index is -4.74. The summed E-state index contributed by atoms with van der Waals surface area (Å²) < 4.78 is 70.7. The summed E-state index contributed by atoms with van der Waals surface area (Å²) in [4.78, 5) is 11.5. The number of methoxy groups -OCH3 is 1. The van der Waals surface area contributed by atoms with Crippen molar-refractivity contribution >= 4 is 17.3 Å². The van der Waals surface area contributed by atoms with E-state index in [0.717, 1.165) is 19.2 Å². The van der Waals surface area contributed by atoms with Crippen molar-refractivity contribution in [2.75, 3.05) is 7.11 Å². The molecule has 9 heteroatoms. The number of carbonyl (C=O) groups is 1. The lowest BCUT2D eigenvalue weighted by atomic mass is 10.0. The average Bonchev–Trinajstić information content (AvgIpc) is 2.43. The van der Waals surface area contributed by atoms with Crippen LogP contribution < -0.4 is 4.72 Å². The Morgan fingerprint density at radius 2 is 1.88 bits per heavy atom. The Balaban J connectivity index is 3.23. The minimum Gasteiger partial charge on any atom is -0.598 e. The number of benzene rings is 1. The van der Waals surface area contributed by atoms with Gasteiger partial charge in [-0.25, -0.2) is 4.39 Å². The molecule has 1 rings (SSSR count). The Hall–Kier alpha value is -1.32. The van der Waals surface area contributed by atoms with Crippen LogP contribution in [-0.2, 0) is 27.1 Å². The second-order valence-electron chi connectivity index (χ2n) is 6.10. The highest BCUT2D eigenvalue weighted by atomic mass is 32.2. The summed E-state index contributed by atoms with van der Waals surface area (Å²) in [5, 5.41) is 0. The largest absolute Gasteiger partial charge is 0.598 e. The first kappa shape index (κ1) is 20.7. The number of rotatable bonds is 5. The van der Waals surface area contributed by atoms with Crippen molar-refractivity contribution in [3.8, 4) is 0 Å². The van der Waals surface area contributed by atoms with Gasteiger partial charge in [-0.15, -0.1) is 4.72 Å². The lowest BCUT2D eigenvalue weighted by molar-refractivity contribution is -0.141. The first-order valence-electron chi connectivity index (χ1n) is 6.97. The maximum atomic E-state index is 13.6.